The largest absolute Gasteiger partial charge is 0.267 e. The summed E-state index contributed by atoms with van der Waals surface area (Å²) in [6.07, 6.45) is 2.06. The third-order valence-electron chi connectivity index (χ3n) is 1.63. The Hall–Kier alpha value is 0.360. The van der Waals surface area contributed by atoms with E-state index in [1.54, 1.807) is 10.4 Å². The van der Waals surface area contributed by atoms with E-state index in [1.807, 2.05) is 0 Å². The maximum absolute atomic E-state index is 5.58. The molecule has 4 heteroatoms. The second kappa shape index (κ2) is 2.54. The fraction of sp³-hybridized carbons (Fsp3) is 0.800. The Bertz CT molecular complexity index is 128. The lowest BCUT2D eigenvalue weighted by atomic mass is 10.2. The van der Waals surface area contributed by atoms with Crippen molar-refractivity contribution in [3.05, 3.63) is 0 Å². The Morgan fingerprint density at radius 2 is 2.44 bits per heavy atom. The summed E-state index contributed by atoms with van der Waals surface area (Å²) in [7, 11) is 0. The highest BCUT2D eigenvalue weighted by atomic mass is 32.1. The van der Waals surface area contributed by atoms with E-state index in [9.17, 15) is 0 Å². The van der Waals surface area contributed by atoms with Gasteiger partial charge in [0, 0.05) is 11.9 Å². The molecule has 1 unspecified atom stereocenters. The van der Waals surface area contributed by atoms with Crippen LogP contribution in [0.1, 0.15) is 12.8 Å². The van der Waals surface area contributed by atoms with Gasteiger partial charge < -0.3 is 0 Å². The maximum Gasteiger partial charge on any atom is 0.106 e. The zero-order valence-electron chi connectivity index (χ0n) is 5.08. The van der Waals surface area contributed by atoms with Crippen LogP contribution in [0.15, 0.2) is 0 Å². The molecule has 1 heterocycles. The lowest BCUT2D eigenvalue weighted by molar-refractivity contribution is 0.297. The van der Waals surface area contributed by atoms with Crippen LogP contribution < -0.4 is 5.84 Å². The highest BCUT2D eigenvalue weighted by Crippen LogP contribution is 2.27. The molecule has 0 bridgehead atoms. The highest BCUT2D eigenvalue weighted by molar-refractivity contribution is 7.86. The van der Waals surface area contributed by atoms with Crippen molar-refractivity contribution in [2.75, 3.05) is 6.54 Å². The van der Waals surface area contributed by atoms with Crippen molar-refractivity contribution in [3.63, 3.8) is 0 Å². The van der Waals surface area contributed by atoms with Crippen LogP contribution in [0.5, 0.6) is 0 Å². The lowest BCUT2D eigenvalue weighted by Gasteiger charge is -2.25. The molecule has 1 rings (SSSR count). The van der Waals surface area contributed by atoms with E-state index in [1.165, 1.54) is 0 Å². The number of nitrogens with zero attached hydrogens (tertiary/aromatic N) is 1. The third-order valence-corrected chi connectivity index (χ3v) is 2.80. The molecule has 9 heavy (non-hydrogen) atoms. The van der Waals surface area contributed by atoms with Crippen molar-refractivity contribution in [1.29, 1.82) is 0 Å². The minimum absolute atomic E-state index is 0.310. The SMILES string of the molecule is NN1CCCC1(S)C=S. The molecule has 0 spiro atoms. The first-order valence-corrected chi connectivity index (χ1v) is 3.82. The van der Waals surface area contributed by atoms with Crippen LogP contribution in [0.2, 0.25) is 0 Å². The van der Waals surface area contributed by atoms with Crippen molar-refractivity contribution < 1.29 is 0 Å². The van der Waals surface area contributed by atoms with Crippen LogP contribution in [0, 0.1) is 0 Å². The molecule has 1 fully saturated rings. The van der Waals surface area contributed by atoms with Gasteiger partial charge in [-0.3, -0.25) is 5.84 Å². The molecule has 1 atom stereocenters. The first-order valence-electron chi connectivity index (χ1n) is 2.90. The van der Waals surface area contributed by atoms with E-state index in [2.05, 4.69) is 12.6 Å². The van der Waals surface area contributed by atoms with Gasteiger partial charge in [0.2, 0.25) is 0 Å². The van der Waals surface area contributed by atoms with Crippen molar-refractivity contribution in [2.45, 2.75) is 17.7 Å². The van der Waals surface area contributed by atoms with Crippen LogP contribution in [0.4, 0.5) is 0 Å². The fourth-order valence-corrected chi connectivity index (χ4v) is 1.48. The molecule has 1 aliphatic rings. The van der Waals surface area contributed by atoms with E-state index in [0.29, 0.717) is 0 Å². The molecule has 2 N–H and O–H groups in total. The Balaban J connectivity index is 2.66. The molecule has 1 saturated heterocycles. The van der Waals surface area contributed by atoms with E-state index in [4.69, 9.17) is 18.1 Å². The van der Waals surface area contributed by atoms with Gasteiger partial charge in [0.25, 0.3) is 0 Å². The standard InChI is InChI=1S/C5H10N2S2/c6-7-3-1-2-5(7,9)4-8/h4,9H,1-3,6H2. The molecule has 0 amide bonds. The minimum atomic E-state index is -0.310. The first kappa shape index (κ1) is 7.47. The Morgan fingerprint density at radius 3 is 2.67 bits per heavy atom. The molecule has 52 valence electrons. The molecule has 1 aliphatic heterocycles. The van der Waals surface area contributed by atoms with Crippen LogP contribution in [0.3, 0.4) is 0 Å². The number of thiol groups is 1. The van der Waals surface area contributed by atoms with Gasteiger partial charge >= 0.3 is 0 Å². The van der Waals surface area contributed by atoms with Crippen LogP contribution in [0.25, 0.3) is 0 Å². The summed E-state index contributed by atoms with van der Waals surface area (Å²) >= 11 is 9.10. The quantitative estimate of drug-likeness (QED) is 0.336. The maximum atomic E-state index is 5.58. The second-order valence-electron chi connectivity index (χ2n) is 2.29. The summed E-state index contributed by atoms with van der Waals surface area (Å²) in [4.78, 5) is -0.310. The molecular formula is C5H10N2S2. The highest BCUT2D eigenvalue weighted by Gasteiger charge is 2.33. The summed E-state index contributed by atoms with van der Waals surface area (Å²) in [5.41, 5.74) is 0. The number of hydrogen-bond acceptors (Lipinski definition) is 4. The van der Waals surface area contributed by atoms with Crippen molar-refractivity contribution in [3.8, 4) is 0 Å². The van der Waals surface area contributed by atoms with Crippen LogP contribution >= 0.6 is 24.8 Å². The van der Waals surface area contributed by atoms with Gasteiger partial charge in [-0.2, -0.15) is 12.6 Å². The van der Waals surface area contributed by atoms with Gasteiger partial charge in [0.15, 0.2) is 0 Å². The average Bonchev–Trinajstić information content (AvgIpc) is 2.15. The van der Waals surface area contributed by atoms with Gasteiger partial charge in [-0.15, -0.1) is 0 Å². The van der Waals surface area contributed by atoms with Crippen LogP contribution in [-0.4, -0.2) is 21.8 Å². The Morgan fingerprint density at radius 1 is 1.78 bits per heavy atom. The van der Waals surface area contributed by atoms with E-state index in [0.717, 1.165) is 19.4 Å². The van der Waals surface area contributed by atoms with Crippen LogP contribution in [-0.2, 0) is 0 Å². The zero-order chi connectivity index (χ0) is 6.91. The Labute approximate surface area is 65.8 Å². The van der Waals surface area contributed by atoms with Crippen molar-refractivity contribution in [1.82, 2.24) is 5.01 Å². The van der Waals surface area contributed by atoms with Crippen molar-refractivity contribution >= 4 is 30.2 Å². The molecule has 0 saturated carbocycles. The first-order chi connectivity index (χ1) is 4.19. The minimum Gasteiger partial charge on any atom is -0.267 e. The number of hydrogen-bond donors (Lipinski definition) is 2. The predicted octanol–water partition coefficient (Wildman–Crippen LogP) is 0.582. The number of thiocarbonyl (C=S) groups is 1. The fourth-order valence-electron chi connectivity index (χ4n) is 0.973. The molecular weight excluding hydrogens is 152 g/mol. The van der Waals surface area contributed by atoms with Gasteiger partial charge in [0.05, 0.1) is 0 Å². The topological polar surface area (TPSA) is 29.3 Å². The normalized spacial score (nSPS) is 37.1. The molecule has 0 aromatic heterocycles. The van der Waals surface area contributed by atoms with Gasteiger partial charge in [-0.05, 0) is 12.8 Å². The Kier molecular flexibility index (Phi) is 2.10. The smallest absolute Gasteiger partial charge is 0.106 e. The number of hydrazine groups is 1. The molecule has 0 aromatic rings. The van der Waals surface area contributed by atoms with Gasteiger partial charge in [0.1, 0.15) is 4.87 Å². The number of nitrogens with two attached hydrogens (primary N) is 1. The summed E-state index contributed by atoms with van der Waals surface area (Å²) in [5, 5.41) is 3.31. The lowest BCUT2D eigenvalue weighted by Crippen LogP contribution is -2.44. The summed E-state index contributed by atoms with van der Waals surface area (Å²) < 4.78 is 0. The summed E-state index contributed by atoms with van der Waals surface area (Å²) in [5.74, 6) is 5.58. The second-order valence-corrected chi connectivity index (χ2v) is 3.30. The average molecular weight is 162 g/mol. The monoisotopic (exact) mass is 162 g/mol. The zero-order valence-corrected chi connectivity index (χ0v) is 6.79. The van der Waals surface area contributed by atoms with E-state index >= 15 is 0 Å². The molecule has 0 aliphatic carbocycles. The van der Waals surface area contributed by atoms with Crippen molar-refractivity contribution in [2.24, 2.45) is 5.84 Å². The summed E-state index contributed by atoms with van der Waals surface area (Å²) in [6, 6.07) is 0. The van der Waals surface area contributed by atoms with E-state index < -0.39 is 0 Å². The predicted molar refractivity (Wildman–Crippen MR) is 45.5 cm³/mol. The molecule has 0 radical (unpaired) electrons. The number of rotatable bonds is 1. The summed E-state index contributed by atoms with van der Waals surface area (Å²) in [6.45, 7) is 0.899. The van der Waals surface area contributed by atoms with E-state index in [-0.39, 0.29) is 4.87 Å². The van der Waals surface area contributed by atoms with Gasteiger partial charge in [-0.25, -0.2) is 5.01 Å². The molecule has 2 nitrogen and oxygen atoms in total. The van der Waals surface area contributed by atoms with Gasteiger partial charge in [-0.1, -0.05) is 12.2 Å². The molecule has 0 aromatic carbocycles. The third kappa shape index (κ3) is 1.26.